The van der Waals surface area contributed by atoms with E-state index in [1.54, 1.807) is 4.90 Å². The fourth-order valence-electron chi connectivity index (χ4n) is 3.14. The van der Waals surface area contributed by atoms with Crippen molar-refractivity contribution in [2.45, 2.75) is 52.7 Å². The molecule has 2 aromatic rings. The Hall–Kier alpha value is -2.49. The third kappa shape index (κ3) is 3.85. The van der Waals surface area contributed by atoms with E-state index in [0.717, 1.165) is 41.2 Å². The number of para-hydroxylation sites is 1. The summed E-state index contributed by atoms with van der Waals surface area (Å²) in [6.45, 7) is 10.5. The van der Waals surface area contributed by atoms with Crippen molar-refractivity contribution in [2.75, 3.05) is 6.54 Å². The quantitative estimate of drug-likeness (QED) is 0.702. The van der Waals surface area contributed by atoms with Gasteiger partial charge in [0.1, 0.15) is 17.1 Å². The monoisotopic (exact) mass is 353 g/mol. The zero-order valence-corrected chi connectivity index (χ0v) is 16.2. The molecule has 1 saturated heterocycles. The topological polar surface area (TPSA) is 38.8 Å². The first-order valence-electron chi connectivity index (χ1n) is 9.09. The van der Waals surface area contributed by atoms with Crippen LogP contribution in [0.25, 0.3) is 0 Å². The van der Waals surface area contributed by atoms with Crippen LogP contribution in [-0.2, 0) is 4.74 Å². The number of nitrogens with zero attached hydrogens (tertiary/aromatic N) is 1. The van der Waals surface area contributed by atoms with Gasteiger partial charge in [-0.25, -0.2) is 4.79 Å². The maximum atomic E-state index is 12.4. The molecule has 1 amide bonds. The maximum Gasteiger partial charge on any atom is 0.410 e. The molecule has 0 radical (unpaired) electrons. The lowest BCUT2D eigenvalue weighted by Crippen LogP contribution is -2.47. The lowest BCUT2D eigenvalue weighted by atomic mass is 9.91. The molecule has 0 saturated carbocycles. The highest BCUT2D eigenvalue weighted by Crippen LogP contribution is 2.39. The molecule has 3 rings (SSSR count). The Labute approximate surface area is 155 Å². The Morgan fingerprint density at radius 1 is 1.04 bits per heavy atom. The summed E-state index contributed by atoms with van der Waals surface area (Å²) >= 11 is 0. The largest absolute Gasteiger partial charge is 0.457 e. The number of aryl methyl sites for hydroxylation is 1. The van der Waals surface area contributed by atoms with E-state index >= 15 is 0 Å². The van der Waals surface area contributed by atoms with E-state index in [9.17, 15) is 4.79 Å². The van der Waals surface area contributed by atoms with Gasteiger partial charge in [-0.05, 0) is 69.9 Å². The average molecular weight is 353 g/mol. The van der Waals surface area contributed by atoms with E-state index < -0.39 is 5.60 Å². The van der Waals surface area contributed by atoms with Crippen LogP contribution >= 0.6 is 0 Å². The lowest BCUT2D eigenvalue weighted by molar-refractivity contribution is -0.00587. The molecule has 1 aliphatic heterocycles. The summed E-state index contributed by atoms with van der Waals surface area (Å²) in [5, 5.41) is 0. The first-order chi connectivity index (χ1) is 12.3. The van der Waals surface area contributed by atoms with Crippen LogP contribution in [-0.4, -0.2) is 23.1 Å². The SMILES string of the molecule is Cc1ccccc1Oc1cccc(C2CCN2C(=O)OC(C)(C)C)c1C. The van der Waals surface area contributed by atoms with Gasteiger partial charge < -0.3 is 14.4 Å². The summed E-state index contributed by atoms with van der Waals surface area (Å²) in [6, 6.07) is 14.0. The van der Waals surface area contributed by atoms with E-state index in [2.05, 4.69) is 13.0 Å². The summed E-state index contributed by atoms with van der Waals surface area (Å²) < 4.78 is 11.7. The Balaban J connectivity index is 1.81. The number of ether oxygens (including phenoxy) is 2. The van der Waals surface area contributed by atoms with Gasteiger partial charge in [0.2, 0.25) is 0 Å². The summed E-state index contributed by atoms with van der Waals surface area (Å²) in [5.74, 6) is 1.68. The third-order valence-electron chi connectivity index (χ3n) is 4.65. The van der Waals surface area contributed by atoms with E-state index in [0.29, 0.717) is 0 Å². The van der Waals surface area contributed by atoms with Gasteiger partial charge in [0.25, 0.3) is 0 Å². The molecule has 1 atom stereocenters. The molecular formula is C22H27NO3. The molecule has 0 aliphatic carbocycles. The number of carbonyl (C=O) groups is 1. The number of carbonyl (C=O) groups excluding carboxylic acids is 1. The van der Waals surface area contributed by atoms with E-state index in [1.807, 2.05) is 64.1 Å². The molecular weight excluding hydrogens is 326 g/mol. The van der Waals surface area contributed by atoms with Gasteiger partial charge in [-0.3, -0.25) is 0 Å². The van der Waals surface area contributed by atoms with E-state index in [-0.39, 0.29) is 12.1 Å². The van der Waals surface area contributed by atoms with Gasteiger partial charge in [-0.2, -0.15) is 0 Å². The lowest BCUT2D eigenvalue weighted by Gasteiger charge is -2.42. The first kappa shape index (κ1) is 18.3. The van der Waals surface area contributed by atoms with Crippen molar-refractivity contribution in [3.8, 4) is 11.5 Å². The molecule has 138 valence electrons. The highest BCUT2D eigenvalue weighted by atomic mass is 16.6. The third-order valence-corrected chi connectivity index (χ3v) is 4.65. The van der Waals surface area contributed by atoms with Crippen molar-refractivity contribution in [3.63, 3.8) is 0 Å². The number of amides is 1. The highest BCUT2D eigenvalue weighted by Gasteiger charge is 2.37. The van der Waals surface area contributed by atoms with Gasteiger partial charge >= 0.3 is 6.09 Å². The molecule has 4 heteroatoms. The zero-order valence-electron chi connectivity index (χ0n) is 16.2. The standard InChI is InChI=1S/C22H27NO3/c1-15-9-6-7-11-19(15)25-20-12-8-10-17(16(20)2)18-13-14-23(18)21(24)26-22(3,4)5/h6-12,18H,13-14H2,1-5H3. The molecule has 4 nitrogen and oxygen atoms in total. The van der Waals surface area contributed by atoms with Crippen molar-refractivity contribution in [2.24, 2.45) is 0 Å². The molecule has 1 unspecified atom stereocenters. The smallest absolute Gasteiger partial charge is 0.410 e. The molecule has 1 fully saturated rings. The first-order valence-corrected chi connectivity index (χ1v) is 9.09. The predicted molar refractivity (Wildman–Crippen MR) is 103 cm³/mol. The maximum absolute atomic E-state index is 12.4. The van der Waals surface area contributed by atoms with Crippen LogP contribution < -0.4 is 4.74 Å². The van der Waals surface area contributed by atoms with Gasteiger partial charge in [0.15, 0.2) is 0 Å². The van der Waals surface area contributed by atoms with Crippen LogP contribution in [0, 0.1) is 13.8 Å². The molecule has 0 bridgehead atoms. The molecule has 26 heavy (non-hydrogen) atoms. The molecule has 0 N–H and O–H groups in total. The number of likely N-dealkylation sites (tertiary alicyclic amines) is 1. The van der Waals surface area contributed by atoms with Crippen molar-refractivity contribution < 1.29 is 14.3 Å². The van der Waals surface area contributed by atoms with Crippen LogP contribution in [0.15, 0.2) is 42.5 Å². The van der Waals surface area contributed by atoms with Crippen molar-refractivity contribution in [3.05, 3.63) is 59.2 Å². The van der Waals surface area contributed by atoms with Crippen molar-refractivity contribution >= 4 is 6.09 Å². The van der Waals surface area contributed by atoms with Crippen LogP contribution in [0.3, 0.4) is 0 Å². The number of hydrogen-bond donors (Lipinski definition) is 0. The van der Waals surface area contributed by atoms with E-state index in [1.165, 1.54) is 0 Å². The van der Waals surface area contributed by atoms with Crippen molar-refractivity contribution in [1.29, 1.82) is 0 Å². The Bertz CT molecular complexity index is 807. The fraction of sp³-hybridized carbons (Fsp3) is 0.409. The predicted octanol–water partition coefficient (Wildman–Crippen LogP) is 5.78. The summed E-state index contributed by atoms with van der Waals surface area (Å²) in [5.41, 5.74) is 2.79. The van der Waals surface area contributed by atoms with Gasteiger partial charge in [0, 0.05) is 6.54 Å². The molecule has 1 aliphatic rings. The van der Waals surface area contributed by atoms with E-state index in [4.69, 9.17) is 9.47 Å². The minimum atomic E-state index is -0.484. The molecule has 0 spiro atoms. The van der Waals surface area contributed by atoms with Gasteiger partial charge in [-0.1, -0.05) is 30.3 Å². The minimum Gasteiger partial charge on any atom is -0.457 e. The summed E-state index contributed by atoms with van der Waals surface area (Å²) in [7, 11) is 0. The second kappa shape index (κ2) is 7.02. The van der Waals surface area contributed by atoms with Gasteiger partial charge in [0.05, 0.1) is 6.04 Å². The Morgan fingerprint density at radius 3 is 2.35 bits per heavy atom. The fourth-order valence-corrected chi connectivity index (χ4v) is 3.14. The normalized spacial score (nSPS) is 16.8. The van der Waals surface area contributed by atoms with Crippen LogP contribution in [0.2, 0.25) is 0 Å². The van der Waals surface area contributed by atoms with Crippen LogP contribution in [0.1, 0.15) is 49.9 Å². The highest BCUT2D eigenvalue weighted by molar-refractivity contribution is 5.70. The second-order valence-corrected chi connectivity index (χ2v) is 7.82. The number of rotatable bonds is 3. The average Bonchev–Trinajstić information content (AvgIpc) is 2.50. The number of hydrogen-bond acceptors (Lipinski definition) is 3. The van der Waals surface area contributed by atoms with Crippen molar-refractivity contribution in [1.82, 2.24) is 4.90 Å². The number of benzene rings is 2. The molecule has 0 aromatic heterocycles. The summed E-state index contributed by atoms with van der Waals surface area (Å²) in [6.07, 6.45) is 0.687. The Kier molecular flexibility index (Phi) is 4.94. The van der Waals surface area contributed by atoms with Gasteiger partial charge in [-0.15, -0.1) is 0 Å². The van der Waals surface area contributed by atoms with Crippen LogP contribution in [0.4, 0.5) is 4.79 Å². The second-order valence-electron chi connectivity index (χ2n) is 7.82. The van der Waals surface area contributed by atoms with Crippen LogP contribution in [0.5, 0.6) is 11.5 Å². The molecule has 1 heterocycles. The molecule has 2 aromatic carbocycles. The Morgan fingerprint density at radius 2 is 1.73 bits per heavy atom. The summed E-state index contributed by atoms with van der Waals surface area (Å²) in [4.78, 5) is 14.2. The minimum absolute atomic E-state index is 0.0465. The zero-order chi connectivity index (χ0) is 18.9.